The van der Waals surface area contributed by atoms with Crippen LogP contribution in [0.4, 0.5) is 0 Å². The predicted octanol–water partition coefficient (Wildman–Crippen LogP) is 2.60. The van der Waals surface area contributed by atoms with Gasteiger partial charge in [0.05, 0.1) is 23.2 Å². The number of aryl methyl sites for hydroxylation is 1. The number of benzene rings is 2. The lowest BCUT2D eigenvalue weighted by atomic mass is 10.1. The van der Waals surface area contributed by atoms with Gasteiger partial charge in [0, 0.05) is 11.5 Å². The van der Waals surface area contributed by atoms with Crippen LogP contribution in [0.1, 0.15) is 31.8 Å². The molecule has 3 aromatic rings. The lowest BCUT2D eigenvalue weighted by molar-refractivity contribution is 0.0642. The first kappa shape index (κ1) is 15.1. The second-order valence-electron chi connectivity index (χ2n) is 5.93. The highest BCUT2D eigenvalue weighted by atomic mass is 16.4. The number of hydrogen-bond acceptors (Lipinski definition) is 5. The van der Waals surface area contributed by atoms with Crippen LogP contribution in [-0.2, 0) is 6.54 Å². The molecule has 2 aromatic carbocycles. The lowest BCUT2D eigenvalue weighted by Gasteiger charge is -2.16. The smallest absolute Gasteiger partial charge is 0.336 e. The molecule has 0 radical (unpaired) electrons. The summed E-state index contributed by atoms with van der Waals surface area (Å²) in [5.41, 5.74) is 1.19. The Kier molecular flexibility index (Phi) is 3.21. The summed E-state index contributed by atoms with van der Waals surface area (Å²) >= 11 is 0. The third-order valence-electron chi connectivity index (χ3n) is 4.39. The van der Waals surface area contributed by atoms with Gasteiger partial charge in [0.25, 0.3) is 11.8 Å². The molecular weight excluding hydrogens is 322 g/mol. The van der Waals surface area contributed by atoms with Gasteiger partial charge in [0.15, 0.2) is 0 Å². The molecule has 1 aliphatic rings. The molecule has 1 N–H and O–H groups in total. The van der Waals surface area contributed by atoms with E-state index in [0.717, 1.165) is 4.90 Å². The van der Waals surface area contributed by atoms with E-state index in [1.165, 1.54) is 12.1 Å². The molecule has 0 atom stereocenters. The van der Waals surface area contributed by atoms with Crippen LogP contribution in [0.3, 0.4) is 0 Å². The number of imide groups is 1. The van der Waals surface area contributed by atoms with Crippen LogP contribution >= 0.6 is 0 Å². The summed E-state index contributed by atoms with van der Waals surface area (Å²) in [5.74, 6) is -1.02. The predicted molar refractivity (Wildman–Crippen MR) is 89.5 cm³/mol. The van der Waals surface area contributed by atoms with E-state index >= 15 is 0 Å². The minimum atomic E-state index is -0.556. The SMILES string of the molecule is Cc1cc(=O)oc2c(CN3C(=O)c4ccccc4C3=O)c(O)ccc12. The van der Waals surface area contributed by atoms with E-state index in [4.69, 9.17) is 4.42 Å². The van der Waals surface area contributed by atoms with Gasteiger partial charge < -0.3 is 9.52 Å². The number of aromatic hydroxyl groups is 1. The molecule has 1 aromatic heterocycles. The molecule has 25 heavy (non-hydrogen) atoms. The first-order valence-corrected chi connectivity index (χ1v) is 7.68. The number of amides is 2. The Morgan fingerprint density at radius 1 is 1.00 bits per heavy atom. The van der Waals surface area contributed by atoms with Crippen molar-refractivity contribution in [3.05, 3.63) is 75.1 Å². The molecule has 0 aliphatic carbocycles. The first-order chi connectivity index (χ1) is 12.0. The monoisotopic (exact) mass is 335 g/mol. The molecule has 0 unspecified atom stereocenters. The minimum absolute atomic E-state index is 0.141. The topological polar surface area (TPSA) is 87.8 Å². The Bertz CT molecular complexity index is 1080. The van der Waals surface area contributed by atoms with Crippen molar-refractivity contribution in [2.45, 2.75) is 13.5 Å². The van der Waals surface area contributed by atoms with Crippen molar-refractivity contribution in [3.8, 4) is 5.75 Å². The van der Waals surface area contributed by atoms with Gasteiger partial charge in [-0.25, -0.2) is 4.79 Å². The molecular formula is C19H13NO5. The Hall–Kier alpha value is -3.41. The van der Waals surface area contributed by atoms with Crippen LogP contribution < -0.4 is 5.63 Å². The van der Waals surface area contributed by atoms with Gasteiger partial charge in [-0.1, -0.05) is 12.1 Å². The maximum atomic E-state index is 12.5. The van der Waals surface area contributed by atoms with Crippen LogP contribution in [-0.4, -0.2) is 21.8 Å². The molecule has 0 spiro atoms. The lowest BCUT2D eigenvalue weighted by Crippen LogP contribution is -2.29. The Labute approximate surface area is 141 Å². The Balaban J connectivity index is 1.85. The molecule has 2 heterocycles. The number of fused-ring (bicyclic) bond motifs is 2. The first-order valence-electron chi connectivity index (χ1n) is 7.68. The summed E-state index contributed by atoms with van der Waals surface area (Å²) in [5, 5.41) is 10.9. The molecule has 4 rings (SSSR count). The van der Waals surface area contributed by atoms with Gasteiger partial charge in [-0.3, -0.25) is 14.5 Å². The van der Waals surface area contributed by atoms with Crippen LogP contribution in [0.2, 0.25) is 0 Å². The molecule has 0 saturated carbocycles. The molecule has 2 amide bonds. The summed E-state index contributed by atoms with van der Waals surface area (Å²) in [7, 11) is 0. The minimum Gasteiger partial charge on any atom is -0.507 e. The molecule has 6 heteroatoms. The molecule has 0 bridgehead atoms. The van der Waals surface area contributed by atoms with Crippen molar-refractivity contribution in [1.82, 2.24) is 4.90 Å². The van der Waals surface area contributed by atoms with Crippen LogP contribution in [0, 0.1) is 6.92 Å². The summed E-state index contributed by atoms with van der Waals surface area (Å²) in [4.78, 5) is 37.8. The van der Waals surface area contributed by atoms with E-state index in [1.54, 1.807) is 37.3 Å². The maximum Gasteiger partial charge on any atom is 0.336 e. The average molecular weight is 335 g/mol. The summed E-state index contributed by atoms with van der Waals surface area (Å²) in [6.07, 6.45) is 0. The zero-order valence-electron chi connectivity index (χ0n) is 13.3. The Morgan fingerprint density at radius 2 is 1.64 bits per heavy atom. The highest BCUT2D eigenvalue weighted by Crippen LogP contribution is 2.32. The highest BCUT2D eigenvalue weighted by Gasteiger charge is 2.36. The zero-order valence-corrected chi connectivity index (χ0v) is 13.3. The van der Waals surface area contributed by atoms with Crippen molar-refractivity contribution in [2.24, 2.45) is 0 Å². The molecule has 6 nitrogen and oxygen atoms in total. The third kappa shape index (κ3) is 2.22. The van der Waals surface area contributed by atoms with Gasteiger partial charge in [0.2, 0.25) is 0 Å². The second kappa shape index (κ2) is 5.31. The number of phenolic OH excluding ortho intramolecular Hbond substituents is 1. The summed E-state index contributed by atoms with van der Waals surface area (Å²) in [6, 6.07) is 11.0. The number of rotatable bonds is 2. The summed E-state index contributed by atoms with van der Waals surface area (Å²) in [6.45, 7) is 1.57. The van der Waals surface area contributed by atoms with Crippen LogP contribution in [0.15, 0.2) is 51.7 Å². The average Bonchev–Trinajstić information content (AvgIpc) is 2.82. The van der Waals surface area contributed by atoms with E-state index in [9.17, 15) is 19.5 Å². The molecule has 0 saturated heterocycles. The van der Waals surface area contributed by atoms with E-state index in [2.05, 4.69) is 0 Å². The van der Waals surface area contributed by atoms with Crippen molar-refractivity contribution in [2.75, 3.05) is 0 Å². The quantitative estimate of drug-likeness (QED) is 0.574. The number of hydrogen-bond donors (Lipinski definition) is 1. The van der Waals surface area contributed by atoms with Gasteiger partial charge in [-0.2, -0.15) is 0 Å². The van der Waals surface area contributed by atoms with E-state index in [-0.39, 0.29) is 23.4 Å². The van der Waals surface area contributed by atoms with Crippen molar-refractivity contribution in [1.29, 1.82) is 0 Å². The van der Waals surface area contributed by atoms with Gasteiger partial charge in [-0.15, -0.1) is 0 Å². The number of phenols is 1. The van der Waals surface area contributed by atoms with Crippen molar-refractivity contribution >= 4 is 22.8 Å². The molecule has 124 valence electrons. The number of carbonyl (C=O) groups is 2. The fraction of sp³-hybridized carbons (Fsp3) is 0.105. The molecule has 1 aliphatic heterocycles. The number of carbonyl (C=O) groups excluding carboxylic acids is 2. The standard InChI is InChI=1S/C19H13NO5/c1-10-8-16(22)25-17-11(10)6-7-15(21)14(17)9-20-18(23)12-4-2-3-5-13(12)19(20)24/h2-8,21H,9H2,1H3. The highest BCUT2D eigenvalue weighted by molar-refractivity contribution is 6.21. The fourth-order valence-corrected chi connectivity index (χ4v) is 3.12. The summed E-state index contributed by atoms with van der Waals surface area (Å²) < 4.78 is 5.25. The van der Waals surface area contributed by atoms with Crippen molar-refractivity contribution in [3.63, 3.8) is 0 Å². The number of nitrogens with zero attached hydrogens (tertiary/aromatic N) is 1. The zero-order chi connectivity index (χ0) is 17.7. The van der Waals surface area contributed by atoms with Crippen LogP contribution in [0.25, 0.3) is 11.0 Å². The van der Waals surface area contributed by atoms with Crippen LogP contribution in [0.5, 0.6) is 5.75 Å². The van der Waals surface area contributed by atoms with E-state index in [1.807, 2.05) is 0 Å². The normalized spacial score (nSPS) is 13.6. The fourth-order valence-electron chi connectivity index (χ4n) is 3.12. The Morgan fingerprint density at radius 3 is 2.28 bits per heavy atom. The van der Waals surface area contributed by atoms with Gasteiger partial charge >= 0.3 is 5.63 Å². The van der Waals surface area contributed by atoms with Gasteiger partial charge in [-0.05, 0) is 36.8 Å². The largest absolute Gasteiger partial charge is 0.507 e. The molecule has 0 fully saturated rings. The van der Waals surface area contributed by atoms with Gasteiger partial charge in [0.1, 0.15) is 11.3 Å². The van der Waals surface area contributed by atoms with Crippen molar-refractivity contribution < 1.29 is 19.1 Å². The maximum absolute atomic E-state index is 12.5. The second-order valence-corrected chi connectivity index (χ2v) is 5.93. The van der Waals surface area contributed by atoms with E-state index in [0.29, 0.717) is 22.1 Å². The third-order valence-corrected chi connectivity index (χ3v) is 4.39. The van der Waals surface area contributed by atoms with E-state index < -0.39 is 17.4 Å².